The molecular weight excluding hydrogens is 681 g/mol. The van der Waals surface area contributed by atoms with Gasteiger partial charge in [-0.25, -0.2) is 9.98 Å². The molecule has 0 atom stereocenters. The van der Waals surface area contributed by atoms with Gasteiger partial charge in [0.15, 0.2) is 0 Å². The Morgan fingerprint density at radius 3 is 1.07 bits per heavy atom. The van der Waals surface area contributed by atoms with E-state index in [0.717, 1.165) is 56.5 Å². The van der Waals surface area contributed by atoms with Crippen molar-refractivity contribution in [3.63, 3.8) is 0 Å². The molecule has 2 heterocycles. The van der Waals surface area contributed by atoms with Crippen molar-refractivity contribution >= 4 is 52.9 Å². The van der Waals surface area contributed by atoms with E-state index in [1.807, 2.05) is 126 Å². The Bertz CT molecular complexity index is 1550. The second-order valence-electron chi connectivity index (χ2n) is 11.0. The Balaban J connectivity index is 0.000000376. The molecule has 2 aromatic heterocycles. The Morgan fingerprint density at radius 1 is 0.522 bits per heavy atom. The first kappa shape index (κ1) is 40.4. The summed E-state index contributed by atoms with van der Waals surface area (Å²) < 4.78 is 59.2. The van der Waals surface area contributed by atoms with Gasteiger partial charge in [-0.05, 0) is 38.1 Å². The first-order valence-electron chi connectivity index (χ1n) is 13.6. The van der Waals surface area contributed by atoms with Crippen molar-refractivity contribution in [2.75, 3.05) is 56.4 Å². The minimum atomic E-state index is -10.7. The maximum Gasteiger partial charge on any atom is 1.00 e. The second kappa shape index (κ2) is 14.8. The first-order chi connectivity index (χ1) is 20.4. The van der Waals surface area contributed by atoms with Gasteiger partial charge in [0.1, 0.15) is 0 Å². The summed E-state index contributed by atoms with van der Waals surface area (Å²) in [6.07, 6.45) is 0. The molecule has 4 rings (SSSR count). The number of benzene rings is 2. The van der Waals surface area contributed by atoms with E-state index in [9.17, 15) is 25.2 Å². The molecule has 8 nitrogen and oxygen atoms in total. The summed E-state index contributed by atoms with van der Waals surface area (Å²) in [6, 6.07) is 20.4. The maximum atomic E-state index is 9.87. The van der Waals surface area contributed by atoms with Crippen molar-refractivity contribution in [3.8, 4) is 0 Å². The largest absolute Gasteiger partial charge is 1.00 e. The van der Waals surface area contributed by atoms with Gasteiger partial charge in [0, 0.05) is 78.5 Å². The van der Waals surface area contributed by atoms with E-state index < -0.39 is 7.81 Å². The van der Waals surface area contributed by atoms with Crippen LogP contribution < -0.4 is 0 Å². The number of aliphatic imine (C=N–C) groups is 2. The molecule has 46 heavy (non-hydrogen) atoms. The number of rotatable bonds is 2. The van der Waals surface area contributed by atoms with E-state index in [2.05, 4.69) is 34.2 Å². The van der Waals surface area contributed by atoms with E-state index in [4.69, 9.17) is 9.98 Å². The SMILES string of the molecule is Cc1ccc2cccc(N=C(N(C)C)N(C)C)c2n1.Cc1ccc2cccc(N=C(N(C)C)N(C)C)c2n1.F[P-](F)(F)(F)(F)F.[Cu+]. The Kier molecular flexibility index (Phi) is 13.0. The molecule has 0 aliphatic rings. The summed E-state index contributed by atoms with van der Waals surface area (Å²) in [6.45, 7) is 4.00. The van der Waals surface area contributed by atoms with E-state index in [0.29, 0.717) is 0 Å². The third-order valence-corrected chi connectivity index (χ3v) is 5.72. The quantitative estimate of drug-likeness (QED) is 0.0679. The summed E-state index contributed by atoms with van der Waals surface area (Å²) in [4.78, 5) is 26.7. The van der Waals surface area contributed by atoms with Crippen LogP contribution in [-0.2, 0) is 17.1 Å². The van der Waals surface area contributed by atoms with Crippen molar-refractivity contribution in [1.82, 2.24) is 29.6 Å². The Labute approximate surface area is 276 Å². The molecule has 0 aliphatic heterocycles. The number of aromatic nitrogens is 2. The molecule has 2 aromatic carbocycles. The predicted octanol–water partition coefficient (Wildman–Crippen LogP) is 8.69. The van der Waals surface area contributed by atoms with E-state index in [-0.39, 0.29) is 17.1 Å². The number of nitrogens with zero attached hydrogens (tertiary/aromatic N) is 8. The van der Waals surface area contributed by atoms with Crippen LogP contribution in [0.5, 0.6) is 0 Å². The fourth-order valence-electron chi connectivity index (χ4n) is 4.05. The molecule has 0 saturated carbocycles. The number of hydrogen-bond donors (Lipinski definition) is 0. The number of fused-ring (bicyclic) bond motifs is 2. The topological polar surface area (TPSA) is 63.5 Å². The van der Waals surface area contributed by atoms with Gasteiger partial charge >= 0.3 is 50.1 Å². The van der Waals surface area contributed by atoms with Crippen LogP contribution in [0.2, 0.25) is 0 Å². The zero-order valence-corrected chi connectivity index (χ0v) is 29.2. The van der Waals surface area contributed by atoms with Crippen LogP contribution in [0, 0.1) is 13.8 Å². The number of hydrogen-bond acceptors (Lipinski definition) is 4. The van der Waals surface area contributed by atoms with E-state index >= 15 is 0 Å². The molecule has 0 N–H and O–H groups in total. The molecule has 4 aromatic rings. The molecule has 0 amide bonds. The second-order valence-corrected chi connectivity index (χ2v) is 12.9. The minimum Gasteiger partial charge on any atom is 1.00 e. The van der Waals surface area contributed by atoms with Crippen molar-refractivity contribution in [2.24, 2.45) is 9.98 Å². The van der Waals surface area contributed by atoms with Crippen LogP contribution in [0.1, 0.15) is 11.4 Å². The monoisotopic (exact) mass is 720 g/mol. The molecule has 0 aliphatic carbocycles. The van der Waals surface area contributed by atoms with Crippen LogP contribution in [-0.4, -0.2) is 97.9 Å². The molecule has 0 radical (unpaired) electrons. The number of pyridine rings is 2. The fraction of sp³-hybridized carbons (Fsp3) is 0.333. The van der Waals surface area contributed by atoms with Crippen LogP contribution >= 0.6 is 7.81 Å². The number of guanidine groups is 2. The van der Waals surface area contributed by atoms with Gasteiger partial charge in [0.25, 0.3) is 0 Å². The summed E-state index contributed by atoms with van der Waals surface area (Å²) in [5, 5.41) is 2.23. The molecule has 0 bridgehead atoms. The summed E-state index contributed by atoms with van der Waals surface area (Å²) in [5.74, 6) is 1.80. The Hall–Kier alpha value is -3.67. The van der Waals surface area contributed by atoms with Crippen molar-refractivity contribution in [1.29, 1.82) is 0 Å². The van der Waals surface area contributed by atoms with Gasteiger partial charge in [-0.3, -0.25) is 9.97 Å². The average Bonchev–Trinajstić information content (AvgIpc) is 2.88. The van der Waals surface area contributed by atoms with Crippen LogP contribution in [0.4, 0.5) is 36.6 Å². The fourth-order valence-corrected chi connectivity index (χ4v) is 4.05. The number of halogens is 6. The Morgan fingerprint density at radius 2 is 0.804 bits per heavy atom. The van der Waals surface area contributed by atoms with Crippen LogP contribution in [0.15, 0.2) is 70.6 Å². The number of para-hydroxylation sites is 2. The number of aryl methyl sites for hydroxylation is 2. The predicted molar refractivity (Wildman–Crippen MR) is 175 cm³/mol. The van der Waals surface area contributed by atoms with Crippen LogP contribution in [0.3, 0.4) is 0 Å². The molecule has 16 heteroatoms. The zero-order valence-electron chi connectivity index (χ0n) is 27.4. The zero-order chi connectivity index (χ0) is 34.4. The molecule has 258 valence electrons. The van der Waals surface area contributed by atoms with Crippen molar-refractivity contribution < 1.29 is 42.3 Å². The summed E-state index contributed by atoms with van der Waals surface area (Å²) in [5.41, 5.74) is 5.71. The minimum absolute atomic E-state index is 0. The van der Waals surface area contributed by atoms with Crippen LogP contribution in [0.25, 0.3) is 21.8 Å². The van der Waals surface area contributed by atoms with E-state index in [1.165, 1.54) is 0 Å². The standard InChI is InChI=1S/2C15H20N4.Cu.F6P/c2*1-11-9-10-12-7-6-8-13(14(12)16-11)17-15(18(2)3)19(4)5;;1-7(2,3,4,5)6/h2*6-10H,1-5H3;;/q;;+1;-1. The first-order valence-corrected chi connectivity index (χ1v) is 15.6. The molecular formula is C30H40CuF6N8P. The smallest absolute Gasteiger partial charge is 1.00 e. The van der Waals surface area contributed by atoms with Gasteiger partial charge in [-0.1, -0.05) is 36.4 Å². The molecule has 0 spiro atoms. The molecule has 0 unspecified atom stereocenters. The van der Waals surface area contributed by atoms with Crippen molar-refractivity contribution in [3.05, 3.63) is 72.1 Å². The van der Waals surface area contributed by atoms with Gasteiger partial charge in [0.2, 0.25) is 11.9 Å². The van der Waals surface area contributed by atoms with Gasteiger partial charge in [-0.2, -0.15) is 0 Å². The third kappa shape index (κ3) is 14.2. The van der Waals surface area contributed by atoms with Crippen molar-refractivity contribution in [2.45, 2.75) is 13.8 Å². The summed E-state index contributed by atoms with van der Waals surface area (Å²) >= 11 is 0. The third-order valence-electron chi connectivity index (χ3n) is 5.72. The van der Waals surface area contributed by atoms with Gasteiger partial charge in [0.05, 0.1) is 22.4 Å². The van der Waals surface area contributed by atoms with Gasteiger partial charge < -0.3 is 19.6 Å². The average molecular weight is 721 g/mol. The molecule has 0 fully saturated rings. The normalized spacial score (nSPS) is 12.1. The molecule has 0 saturated heterocycles. The maximum absolute atomic E-state index is 10.7. The van der Waals surface area contributed by atoms with Gasteiger partial charge in [-0.15, -0.1) is 0 Å². The summed E-state index contributed by atoms with van der Waals surface area (Å²) in [7, 11) is 5.25. The van der Waals surface area contributed by atoms with E-state index in [1.54, 1.807) is 0 Å².